The van der Waals surface area contributed by atoms with Gasteiger partial charge in [0.25, 0.3) is 0 Å². The van der Waals surface area contributed by atoms with E-state index in [9.17, 15) is 21.6 Å². The van der Waals surface area contributed by atoms with Crippen LogP contribution in [-0.4, -0.2) is 30.9 Å². The second kappa shape index (κ2) is 8.87. The van der Waals surface area contributed by atoms with Crippen LogP contribution in [0.2, 0.25) is 0 Å². The molecule has 0 aliphatic heterocycles. The van der Waals surface area contributed by atoms with Gasteiger partial charge in [0, 0.05) is 0 Å². The van der Waals surface area contributed by atoms with Crippen LogP contribution in [0.4, 0.5) is 13.2 Å². The van der Waals surface area contributed by atoms with E-state index in [1.54, 1.807) is 0 Å². The van der Waals surface area contributed by atoms with Gasteiger partial charge in [0.2, 0.25) is 0 Å². The van der Waals surface area contributed by atoms with Crippen molar-refractivity contribution in [3.8, 4) is 0 Å². The topological polar surface area (TPSA) is 43.4 Å². The molecule has 8 heteroatoms. The van der Waals surface area contributed by atoms with Crippen LogP contribution >= 0.6 is 7.49 Å². The van der Waals surface area contributed by atoms with E-state index in [2.05, 4.69) is 0 Å². The third-order valence-electron chi connectivity index (χ3n) is 7.27. The minimum absolute atomic E-state index is 0.0644. The summed E-state index contributed by atoms with van der Waals surface area (Å²) in [5.41, 5.74) is -5.12. The first kappa shape index (κ1) is 21.8. The van der Waals surface area contributed by atoms with Crippen LogP contribution in [0.3, 0.4) is 0 Å². The standard InChI is InChI=1S/C19H34F3O3PS/c20-19(21,22)27(23,24)25-26(16-10-4-1-5-11-16,17-12-6-2-7-13-17)18-14-8-3-9-15-18/h16-18,26H,1-15H2. The third-order valence-corrected chi connectivity index (χ3v) is 15.4. The molecule has 3 aliphatic rings. The zero-order chi connectivity index (χ0) is 19.5. The Kier molecular flexibility index (Phi) is 7.17. The van der Waals surface area contributed by atoms with Crippen molar-refractivity contribution in [3.05, 3.63) is 0 Å². The average molecular weight is 431 g/mol. The van der Waals surface area contributed by atoms with Gasteiger partial charge in [-0.05, 0) is 0 Å². The maximum absolute atomic E-state index is 13.4. The summed E-state index contributed by atoms with van der Waals surface area (Å²) in [6, 6.07) is 0. The molecule has 0 spiro atoms. The van der Waals surface area contributed by atoms with E-state index < -0.39 is 23.1 Å². The zero-order valence-electron chi connectivity index (χ0n) is 16.1. The Morgan fingerprint density at radius 1 is 0.630 bits per heavy atom. The quantitative estimate of drug-likeness (QED) is 0.369. The summed E-state index contributed by atoms with van der Waals surface area (Å²) in [5.74, 6) is 0. The number of halogens is 3. The first-order chi connectivity index (χ1) is 12.8. The van der Waals surface area contributed by atoms with Crippen molar-refractivity contribution in [2.45, 2.75) is 119 Å². The van der Waals surface area contributed by atoms with Crippen LogP contribution in [0.5, 0.6) is 0 Å². The molecule has 27 heavy (non-hydrogen) atoms. The fourth-order valence-corrected chi connectivity index (χ4v) is 15.6. The molecule has 0 radical (unpaired) electrons. The van der Waals surface area contributed by atoms with Gasteiger partial charge in [-0.25, -0.2) is 0 Å². The second-order valence-electron chi connectivity index (χ2n) is 8.84. The Morgan fingerprint density at radius 2 is 0.926 bits per heavy atom. The minimum atomic E-state index is -5.54. The Hall–Kier alpha value is 0.130. The van der Waals surface area contributed by atoms with Crippen LogP contribution in [0.15, 0.2) is 0 Å². The molecular weight excluding hydrogens is 396 g/mol. The molecule has 3 saturated carbocycles. The molecular formula is C19H34F3O3PS. The first-order valence-electron chi connectivity index (χ1n) is 10.8. The van der Waals surface area contributed by atoms with Crippen molar-refractivity contribution in [2.24, 2.45) is 0 Å². The van der Waals surface area contributed by atoms with Crippen LogP contribution in [-0.2, 0) is 14.1 Å². The van der Waals surface area contributed by atoms with Crippen molar-refractivity contribution in [1.82, 2.24) is 0 Å². The van der Waals surface area contributed by atoms with Gasteiger partial charge in [-0.1, -0.05) is 0 Å². The summed E-state index contributed by atoms with van der Waals surface area (Å²) in [6.07, 6.45) is 14.4. The fourth-order valence-electron chi connectivity index (χ4n) is 6.10. The third kappa shape index (κ3) is 4.66. The second-order valence-corrected chi connectivity index (χ2v) is 15.0. The molecule has 160 valence electrons. The Bertz CT molecular complexity index is 530. The van der Waals surface area contributed by atoms with Gasteiger partial charge in [0.1, 0.15) is 0 Å². The molecule has 0 aromatic heterocycles. The van der Waals surface area contributed by atoms with Gasteiger partial charge in [-0.15, -0.1) is 0 Å². The fraction of sp³-hybridized carbons (Fsp3) is 1.00. The van der Waals surface area contributed by atoms with E-state index in [-0.39, 0.29) is 17.0 Å². The molecule has 0 heterocycles. The van der Waals surface area contributed by atoms with E-state index >= 15 is 0 Å². The molecule has 0 atom stereocenters. The van der Waals surface area contributed by atoms with Crippen LogP contribution < -0.4 is 0 Å². The number of hydrogen-bond acceptors (Lipinski definition) is 3. The van der Waals surface area contributed by atoms with Crippen LogP contribution in [0, 0.1) is 0 Å². The first-order valence-corrected chi connectivity index (χ1v) is 14.3. The summed E-state index contributed by atoms with van der Waals surface area (Å²) in [7, 11) is -8.69. The van der Waals surface area contributed by atoms with Crippen LogP contribution in [0.25, 0.3) is 0 Å². The monoisotopic (exact) mass is 430 g/mol. The molecule has 3 fully saturated rings. The van der Waals surface area contributed by atoms with E-state index in [4.69, 9.17) is 3.97 Å². The molecule has 3 nitrogen and oxygen atoms in total. The summed E-state index contributed by atoms with van der Waals surface area (Å²) in [4.78, 5) is 0. The molecule has 0 bridgehead atoms. The predicted molar refractivity (Wildman–Crippen MR) is 105 cm³/mol. The summed E-state index contributed by atoms with van der Waals surface area (Å²) in [6.45, 7) is 0. The Labute approximate surface area is 162 Å². The summed E-state index contributed by atoms with van der Waals surface area (Å²) in [5, 5.41) is 0. The number of alkyl halides is 3. The average Bonchev–Trinajstić information content (AvgIpc) is 2.67. The van der Waals surface area contributed by atoms with Crippen molar-refractivity contribution in [2.75, 3.05) is 0 Å². The van der Waals surface area contributed by atoms with Crippen molar-refractivity contribution < 1.29 is 25.6 Å². The van der Waals surface area contributed by atoms with E-state index in [0.717, 1.165) is 96.3 Å². The van der Waals surface area contributed by atoms with Gasteiger partial charge >= 0.3 is 162 Å². The van der Waals surface area contributed by atoms with E-state index in [0.29, 0.717) is 0 Å². The number of rotatable bonds is 5. The molecule has 0 N–H and O–H groups in total. The zero-order valence-corrected chi connectivity index (χ0v) is 17.9. The molecule has 0 unspecified atom stereocenters. The van der Waals surface area contributed by atoms with Crippen molar-refractivity contribution >= 4 is 17.6 Å². The summed E-state index contributed by atoms with van der Waals surface area (Å²) >= 11 is 0. The SMILES string of the molecule is O=S(=O)(O[PH](C1CCCCC1)(C1CCCCC1)C1CCCCC1)C(F)(F)F. The van der Waals surface area contributed by atoms with Gasteiger partial charge < -0.3 is 0 Å². The molecule has 0 aromatic rings. The normalized spacial score (nSPS) is 26.2. The van der Waals surface area contributed by atoms with Gasteiger partial charge in [0.15, 0.2) is 0 Å². The van der Waals surface area contributed by atoms with Gasteiger partial charge in [-0.2, -0.15) is 0 Å². The van der Waals surface area contributed by atoms with E-state index in [1.807, 2.05) is 0 Å². The predicted octanol–water partition coefficient (Wildman–Crippen LogP) is 6.52. The van der Waals surface area contributed by atoms with Crippen molar-refractivity contribution in [1.29, 1.82) is 0 Å². The van der Waals surface area contributed by atoms with E-state index in [1.165, 1.54) is 0 Å². The molecule has 0 amide bonds. The number of hydrogen-bond donors (Lipinski definition) is 0. The van der Waals surface area contributed by atoms with Crippen molar-refractivity contribution in [3.63, 3.8) is 0 Å². The molecule has 0 saturated heterocycles. The molecule has 3 rings (SSSR count). The maximum atomic E-state index is 13.4. The Balaban J connectivity index is 2.04. The van der Waals surface area contributed by atoms with Crippen LogP contribution in [0.1, 0.15) is 96.3 Å². The molecule has 0 aromatic carbocycles. The summed E-state index contributed by atoms with van der Waals surface area (Å²) < 4.78 is 70.3. The van der Waals surface area contributed by atoms with Gasteiger partial charge in [0.05, 0.1) is 0 Å². The van der Waals surface area contributed by atoms with Gasteiger partial charge in [-0.3, -0.25) is 0 Å². The Morgan fingerprint density at radius 3 is 1.19 bits per heavy atom. The molecule has 3 aliphatic carbocycles.